The lowest BCUT2D eigenvalue weighted by atomic mass is 10.1. The summed E-state index contributed by atoms with van der Waals surface area (Å²) >= 11 is 0. The number of pyridine rings is 1. The molecule has 1 heterocycles. The molecule has 0 fully saturated rings. The molecule has 3 heteroatoms. The van der Waals surface area contributed by atoms with Gasteiger partial charge in [0.05, 0.1) is 0 Å². The number of rotatable bonds is 0. The second-order valence-corrected chi connectivity index (χ2v) is 2.86. The van der Waals surface area contributed by atoms with Crippen LogP contribution in [-0.4, -0.2) is 16.1 Å². The molecule has 1 aromatic rings. The molecule has 1 rings (SSSR count). The van der Waals surface area contributed by atoms with Crippen LogP contribution in [0.25, 0.3) is 0 Å². The molecular formula is C10H15NO2. The molecule has 0 atom stereocenters. The predicted molar refractivity (Wildman–Crippen MR) is 51.8 cm³/mol. The molecule has 0 aliphatic carbocycles. The first-order valence-electron chi connectivity index (χ1n) is 4.03. The molecule has 0 radical (unpaired) electrons. The molecule has 0 bridgehead atoms. The first kappa shape index (κ1) is 11.6. The van der Waals surface area contributed by atoms with Gasteiger partial charge in [0.25, 0.3) is 5.97 Å². The molecule has 0 spiro atoms. The third-order valence-electron chi connectivity index (χ3n) is 1.73. The average Bonchev–Trinajstić information content (AvgIpc) is 1.99. The van der Waals surface area contributed by atoms with Crippen molar-refractivity contribution < 1.29 is 9.90 Å². The minimum Gasteiger partial charge on any atom is -0.481 e. The van der Waals surface area contributed by atoms with Gasteiger partial charge >= 0.3 is 0 Å². The topological polar surface area (TPSA) is 50.2 Å². The lowest BCUT2D eigenvalue weighted by Crippen LogP contribution is -1.87. The van der Waals surface area contributed by atoms with E-state index in [0.29, 0.717) is 0 Å². The fourth-order valence-corrected chi connectivity index (χ4v) is 0.768. The minimum absolute atomic E-state index is 0.833. The summed E-state index contributed by atoms with van der Waals surface area (Å²) in [7, 11) is 0. The lowest BCUT2D eigenvalue weighted by Gasteiger charge is -1.99. The van der Waals surface area contributed by atoms with E-state index in [0.717, 1.165) is 12.6 Å². The van der Waals surface area contributed by atoms with Gasteiger partial charge in [-0.3, -0.25) is 9.78 Å². The van der Waals surface area contributed by atoms with E-state index in [2.05, 4.69) is 18.8 Å². The van der Waals surface area contributed by atoms with Gasteiger partial charge in [-0.25, -0.2) is 0 Å². The van der Waals surface area contributed by atoms with Crippen LogP contribution >= 0.6 is 0 Å². The fraction of sp³-hybridized carbons (Fsp3) is 0.400. The molecule has 13 heavy (non-hydrogen) atoms. The summed E-state index contributed by atoms with van der Waals surface area (Å²) in [6.45, 7) is 7.31. The largest absolute Gasteiger partial charge is 0.481 e. The number of nitrogens with zero attached hydrogens (tertiary/aromatic N) is 1. The van der Waals surface area contributed by atoms with Gasteiger partial charge in [0, 0.05) is 18.8 Å². The van der Waals surface area contributed by atoms with Gasteiger partial charge in [0.2, 0.25) is 0 Å². The summed E-state index contributed by atoms with van der Waals surface area (Å²) < 4.78 is 0. The van der Waals surface area contributed by atoms with Crippen LogP contribution in [0.3, 0.4) is 0 Å². The Labute approximate surface area is 78.4 Å². The Morgan fingerprint density at radius 1 is 1.38 bits per heavy atom. The number of carboxylic acid groups (broad SMARTS) is 1. The van der Waals surface area contributed by atoms with Crippen molar-refractivity contribution in [2.24, 2.45) is 0 Å². The molecule has 0 aliphatic rings. The Balaban J connectivity index is 0.000000310. The zero-order valence-corrected chi connectivity index (χ0v) is 8.46. The monoisotopic (exact) mass is 181 g/mol. The van der Waals surface area contributed by atoms with E-state index in [4.69, 9.17) is 9.90 Å². The lowest BCUT2D eigenvalue weighted by molar-refractivity contribution is -0.134. The minimum atomic E-state index is -0.833. The number of carbonyl (C=O) groups is 1. The molecule has 0 amide bonds. The highest BCUT2D eigenvalue weighted by molar-refractivity contribution is 5.62. The molecule has 0 aromatic carbocycles. The van der Waals surface area contributed by atoms with Crippen LogP contribution in [-0.2, 0) is 4.79 Å². The second-order valence-electron chi connectivity index (χ2n) is 2.86. The molecule has 0 aliphatic heterocycles. The Bertz CT molecular complexity index is 271. The van der Waals surface area contributed by atoms with Crippen LogP contribution in [0.5, 0.6) is 0 Å². The quantitative estimate of drug-likeness (QED) is 0.666. The molecule has 3 nitrogen and oxygen atoms in total. The van der Waals surface area contributed by atoms with E-state index in [1.807, 2.05) is 19.2 Å². The smallest absolute Gasteiger partial charge is 0.300 e. The number of aryl methyl sites for hydroxylation is 2. The summed E-state index contributed by atoms with van der Waals surface area (Å²) in [5.41, 5.74) is 3.76. The predicted octanol–water partition coefficient (Wildman–Crippen LogP) is 2.10. The Hall–Kier alpha value is -1.38. The van der Waals surface area contributed by atoms with Gasteiger partial charge < -0.3 is 5.11 Å². The maximum absolute atomic E-state index is 9.00. The summed E-state index contributed by atoms with van der Waals surface area (Å²) in [6.07, 6.45) is 1.84. The van der Waals surface area contributed by atoms with Crippen molar-refractivity contribution in [1.82, 2.24) is 4.98 Å². The Kier molecular flexibility index (Phi) is 4.74. The van der Waals surface area contributed by atoms with Crippen molar-refractivity contribution in [2.75, 3.05) is 0 Å². The number of aliphatic carboxylic acids is 1. The fourth-order valence-electron chi connectivity index (χ4n) is 0.768. The number of hydrogen-bond acceptors (Lipinski definition) is 2. The maximum atomic E-state index is 9.00. The van der Waals surface area contributed by atoms with Gasteiger partial charge in [-0.1, -0.05) is 0 Å². The van der Waals surface area contributed by atoms with Crippen LogP contribution in [0.2, 0.25) is 0 Å². The van der Waals surface area contributed by atoms with Gasteiger partial charge in [0.15, 0.2) is 0 Å². The van der Waals surface area contributed by atoms with Crippen molar-refractivity contribution in [3.05, 3.63) is 29.1 Å². The van der Waals surface area contributed by atoms with Crippen LogP contribution in [0.15, 0.2) is 12.3 Å². The van der Waals surface area contributed by atoms with E-state index in [9.17, 15) is 0 Å². The first-order valence-corrected chi connectivity index (χ1v) is 4.03. The Morgan fingerprint density at radius 2 is 1.85 bits per heavy atom. The maximum Gasteiger partial charge on any atom is 0.300 e. The molecule has 0 unspecified atom stereocenters. The Morgan fingerprint density at radius 3 is 2.15 bits per heavy atom. The van der Waals surface area contributed by atoms with E-state index < -0.39 is 5.97 Å². The van der Waals surface area contributed by atoms with E-state index in [1.165, 1.54) is 11.1 Å². The third-order valence-corrected chi connectivity index (χ3v) is 1.73. The van der Waals surface area contributed by atoms with Gasteiger partial charge in [-0.05, 0) is 38.0 Å². The van der Waals surface area contributed by atoms with Crippen molar-refractivity contribution >= 4 is 5.97 Å². The van der Waals surface area contributed by atoms with Crippen molar-refractivity contribution in [3.63, 3.8) is 0 Å². The van der Waals surface area contributed by atoms with Crippen molar-refractivity contribution in [1.29, 1.82) is 0 Å². The van der Waals surface area contributed by atoms with Crippen LogP contribution < -0.4 is 0 Å². The first-order chi connectivity index (χ1) is 5.95. The van der Waals surface area contributed by atoms with Gasteiger partial charge in [0.1, 0.15) is 0 Å². The van der Waals surface area contributed by atoms with Gasteiger partial charge in [-0.15, -0.1) is 0 Å². The standard InChI is InChI=1S/C8H11N.C2H4O2/c1-6-4-5-9-8(3)7(6)2;1-2(3)4/h4-5H,1-3H3;1H3,(H,3,4). The summed E-state index contributed by atoms with van der Waals surface area (Å²) in [6, 6.07) is 2.03. The highest BCUT2D eigenvalue weighted by Gasteiger charge is 1.93. The summed E-state index contributed by atoms with van der Waals surface area (Å²) in [5.74, 6) is -0.833. The van der Waals surface area contributed by atoms with Crippen LogP contribution in [0.4, 0.5) is 0 Å². The highest BCUT2D eigenvalue weighted by atomic mass is 16.4. The second kappa shape index (κ2) is 5.30. The zero-order chi connectivity index (χ0) is 10.4. The number of hydrogen-bond donors (Lipinski definition) is 1. The van der Waals surface area contributed by atoms with Crippen LogP contribution in [0.1, 0.15) is 23.7 Å². The molecule has 0 saturated heterocycles. The normalized spacial score (nSPS) is 8.62. The average molecular weight is 181 g/mol. The highest BCUT2D eigenvalue weighted by Crippen LogP contribution is 2.06. The van der Waals surface area contributed by atoms with Crippen molar-refractivity contribution in [2.45, 2.75) is 27.7 Å². The molecule has 1 N–H and O–H groups in total. The van der Waals surface area contributed by atoms with Crippen molar-refractivity contribution in [3.8, 4) is 0 Å². The van der Waals surface area contributed by atoms with E-state index in [-0.39, 0.29) is 0 Å². The molecule has 72 valence electrons. The van der Waals surface area contributed by atoms with E-state index >= 15 is 0 Å². The zero-order valence-electron chi connectivity index (χ0n) is 8.46. The van der Waals surface area contributed by atoms with Gasteiger partial charge in [-0.2, -0.15) is 0 Å². The molecule has 0 saturated carbocycles. The number of carboxylic acids is 1. The van der Waals surface area contributed by atoms with Crippen LogP contribution in [0, 0.1) is 20.8 Å². The number of aromatic nitrogens is 1. The molecular weight excluding hydrogens is 166 g/mol. The SMILES string of the molecule is CC(=O)O.Cc1ccnc(C)c1C. The summed E-state index contributed by atoms with van der Waals surface area (Å²) in [5, 5.41) is 7.42. The third kappa shape index (κ3) is 4.95. The molecule has 1 aromatic heterocycles. The van der Waals surface area contributed by atoms with E-state index in [1.54, 1.807) is 0 Å². The summed E-state index contributed by atoms with van der Waals surface area (Å²) in [4.78, 5) is 13.1.